The molecular weight excluding hydrogens is 214 g/mol. The van der Waals surface area contributed by atoms with Crippen LogP contribution in [-0.4, -0.2) is 9.97 Å². The van der Waals surface area contributed by atoms with Gasteiger partial charge >= 0.3 is 0 Å². The van der Waals surface area contributed by atoms with Crippen LogP contribution in [-0.2, 0) is 13.1 Å². The molecule has 0 fully saturated rings. The maximum Gasteiger partial charge on any atom is 0.239 e. The van der Waals surface area contributed by atoms with Gasteiger partial charge < -0.3 is 4.90 Å². The van der Waals surface area contributed by atoms with Crippen LogP contribution in [0, 0.1) is 0 Å². The Morgan fingerprint density at radius 1 is 1.12 bits per heavy atom. The summed E-state index contributed by atoms with van der Waals surface area (Å²) in [4.78, 5) is 10.5. The van der Waals surface area contributed by atoms with E-state index in [2.05, 4.69) is 44.6 Å². The number of hydrogen-bond donors (Lipinski definition) is 2. The van der Waals surface area contributed by atoms with Gasteiger partial charge in [0.2, 0.25) is 5.95 Å². The fourth-order valence-corrected chi connectivity index (χ4v) is 2.09. The van der Waals surface area contributed by atoms with E-state index in [0.717, 1.165) is 18.9 Å². The molecular formula is C12H13N5. The minimum absolute atomic E-state index is 0.443. The Morgan fingerprint density at radius 3 is 2.47 bits per heavy atom. The number of nitrogens with two attached hydrogens (primary N) is 1. The lowest BCUT2D eigenvalue weighted by Gasteiger charge is -2.16. The van der Waals surface area contributed by atoms with E-state index in [9.17, 15) is 0 Å². The highest BCUT2D eigenvalue weighted by atomic mass is 15.3. The molecule has 17 heavy (non-hydrogen) atoms. The van der Waals surface area contributed by atoms with E-state index in [4.69, 9.17) is 5.84 Å². The molecule has 0 saturated carbocycles. The van der Waals surface area contributed by atoms with Crippen molar-refractivity contribution in [3.63, 3.8) is 0 Å². The summed E-state index contributed by atoms with van der Waals surface area (Å²) < 4.78 is 0. The molecule has 1 aromatic carbocycles. The Hall–Kier alpha value is -2.14. The molecule has 86 valence electrons. The quantitative estimate of drug-likeness (QED) is 0.597. The number of fused-ring (bicyclic) bond motifs is 1. The minimum Gasteiger partial charge on any atom is -0.348 e. The van der Waals surface area contributed by atoms with Gasteiger partial charge in [-0.1, -0.05) is 24.3 Å². The van der Waals surface area contributed by atoms with Crippen molar-refractivity contribution >= 4 is 11.8 Å². The van der Waals surface area contributed by atoms with Crippen molar-refractivity contribution in [1.82, 2.24) is 9.97 Å². The van der Waals surface area contributed by atoms with Crippen molar-refractivity contribution in [1.29, 1.82) is 0 Å². The van der Waals surface area contributed by atoms with Crippen molar-refractivity contribution < 1.29 is 0 Å². The van der Waals surface area contributed by atoms with E-state index >= 15 is 0 Å². The van der Waals surface area contributed by atoms with Crippen LogP contribution in [0.15, 0.2) is 36.5 Å². The van der Waals surface area contributed by atoms with Gasteiger partial charge in [0.15, 0.2) is 0 Å². The van der Waals surface area contributed by atoms with Gasteiger partial charge in [0.1, 0.15) is 5.82 Å². The molecule has 1 aliphatic heterocycles. The monoisotopic (exact) mass is 227 g/mol. The Labute approximate surface area is 99.3 Å². The van der Waals surface area contributed by atoms with E-state index in [1.807, 2.05) is 6.07 Å². The van der Waals surface area contributed by atoms with Crippen LogP contribution >= 0.6 is 0 Å². The van der Waals surface area contributed by atoms with Crippen LogP contribution in [0.1, 0.15) is 11.1 Å². The number of aromatic nitrogens is 2. The predicted octanol–water partition coefficient (Wildman–Crippen LogP) is 1.28. The first-order valence-corrected chi connectivity index (χ1v) is 5.48. The van der Waals surface area contributed by atoms with Crippen molar-refractivity contribution in [2.24, 2.45) is 5.84 Å². The summed E-state index contributed by atoms with van der Waals surface area (Å²) in [6.07, 6.45) is 1.71. The lowest BCUT2D eigenvalue weighted by Crippen LogP contribution is -2.18. The van der Waals surface area contributed by atoms with Crippen molar-refractivity contribution in [2.45, 2.75) is 13.1 Å². The molecule has 0 spiro atoms. The third-order valence-electron chi connectivity index (χ3n) is 2.93. The van der Waals surface area contributed by atoms with Gasteiger partial charge in [0.05, 0.1) is 0 Å². The predicted molar refractivity (Wildman–Crippen MR) is 66.2 cm³/mol. The molecule has 0 bridgehead atoms. The van der Waals surface area contributed by atoms with E-state index < -0.39 is 0 Å². The number of anilines is 2. The van der Waals surface area contributed by atoms with Crippen molar-refractivity contribution in [2.75, 3.05) is 10.3 Å². The van der Waals surface area contributed by atoms with E-state index in [1.54, 1.807) is 6.20 Å². The first-order valence-electron chi connectivity index (χ1n) is 5.48. The van der Waals surface area contributed by atoms with Gasteiger partial charge in [-0.25, -0.2) is 10.8 Å². The Kier molecular flexibility index (Phi) is 2.38. The smallest absolute Gasteiger partial charge is 0.239 e. The molecule has 2 aromatic rings. The summed E-state index contributed by atoms with van der Waals surface area (Å²) in [6.45, 7) is 1.77. The zero-order chi connectivity index (χ0) is 11.7. The summed E-state index contributed by atoms with van der Waals surface area (Å²) in [6, 6.07) is 10.3. The molecule has 1 aromatic heterocycles. The minimum atomic E-state index is 0.443. The molecule has 0 saturated heterocycles. The second-order valence-corrected chi connectivity index (χ2v) is 4.01. The fourth-order valence-electron chi connectivity index (χ4n) is 2.09. The van der Waals surface area contributed by atoms with Crippen LogP contribution in [0.2, 0.25) is 0 Å². The maximum absolute atomic E-state index is 5.31. The number of nitrogens with zero attached hydrogens (tertiary/aromatic N) is 3. The highest BCUT2D eigenvalue weighted by Gasteiger charge is 2.19. The highest BCUT2D eigenvalue weighted by molar-refractivity contribution is 5.48. The zero-order valence-electron chi connectivity index (χ0n) is 9.30. The molecule has 3 rings (SSSR count). The summed E-state index contributed by atoms with van der Waals surface area (Å²) in [5, 5.41) is 0. The normalized spacial score (nSPS) is 13.6. The van der Waals surface area contributed by atoms with Crippen LogP contribution in [0.25, 0.3) is 0 Å². The fraction of sp³-hybridized carbons (Fsp3) is 0.167. The number of benzene rings is 1. The lowest BCUT2D eigenvalue weighted by atomic mass is 10.1. The molecule has 0 aliphatic carbocycles. The maximum atomic E-state index is 5.31. The Bertz CT molecular complexity index is 515. The molecule has 0 amide bonds. The number of nitrogens with one attached hydrogen (secondary N) is 1. The Balaban J connectivity index is 1.88. The number of rotatable bonds is 2. The van der Waals surface area contributed by atoms with E-state index in [1.165, 1.54) is 11.1 Å². The summed E-state index contributed by atoms with van der Waals surface area (Å²) >= 11 is 0. The van der Waals surface area contributed by atoms with Crippen LogP contribution in [0.5, 0.6) is 0 Å². The average molecular weight is 227 g/mol. The first kappa shape index (κ1) is 10.0. The van der Waals surface area contributed by atoms with Crippen LogP contribution < -0.4 is 16.2 Å². The third kappa shape index (κ3) is 1.81. The van der Waals surface area contributed by atoms with Crippen molar-refractivity contribution in [3.8, 4) is 0 Å². The largest absolute Gasteiger partial charge is 0.348 e. The SMILES string of the molecule is NNc1nccc(N2Cc3ccccc3C2)n1. The van der Waals surface area contributed by atoms with E-state index in [-0.39, 0.29) is 0 Å². The molecule has 1 aliphatic rings. The van der Waals surface area contributed by atoms with Gasteiger partial charge in [0.25, 0.3) is 0 Å². The van der Waals surface area contributed by atoms with Crippen LogP contribution in [0.4, 0.5) is 11.8 Å². The van der Waals surface area contributed by atoms with E-state index in [0.29, 0.717) is 5.95 Å². The summed E-state index contributed by atoms with van der Waals surface area (Å²) in [5.41, 5.74) is 5.17. The molecule has 5 heteroatoms. The Morgan fingerprint density at radius 2 is 1.82 bits per heavy atom. The molecule has 0 radical (unpaired) electrons. The standard InChI is InChI=1S/C12H13N5/c13-16-12-14-6-5-11(15-12)17-7-9-3-1-2-4-10(9)8-17/h1-6H,7-8,13H2,(H,14,15,16). The summed E-state index contributed by atoms with van der Waals surface area (Å²) in [5.74, 6) is 6.64. The lowest BCUT2D eigenvalue weighted by molar-refractivity contribution is 0.851. The van der Waals surface area contributed by atoms with Crippen molar-refractivity contribution in [3.05, 3.63) is 47.7 Å². The number of hydrogen-bond acceptors (Lipinski definition) is 5. The molecule has 2 heterocycles. The van der Waals surface area contributed by atoms with Gasteiger partial charge in [-0.3, -0.25) is 5.43 Å². The topological polar surface area (TPSA) is 67.1 Å². The second kappa shape index (κ2) is 4.03. The van der Waals surface area contributed by atoms with Gasteiger partial charge in [-0.15, -0.1) is 0 Å². The second-order valence-electron chi connectivity index (χ2n) is 4.01. The molecule has 0 unspecified atom stereocenters. The van der Waals surface area contributed by atoms with Gasteiger partial charge in [0, 0.05) is 19.3 Å². The highest BCUT2D eigenvalue weighted by Crippen LogP contribution is 2.26. The average Bonchev–Trinajstić information content (AvgIpc) is 2.82. The van der Waals surface area contributed by atoms with Gasteiger partial charge in [-0.2, -0.15) is 4.98 Å². The molecule has 3 N–H and O–H groups in total. The van der Waals surface area contributed by atoms with Gasteiger partial charge in [-0.05, 0) is 17.2 Å². The van der Waals surface area contributed by atoms with Crippen LogP contribution in [0.3, 0.4) is 0 Å². The molecule has 5 nitrogen and oxygen atoms in total. The third-order valence-corrected chi connectivity index (χ3v) is 2.93. The molecule has 0 atom stereocenters. The zero-order valence-corrected chi connectivity index (χ0v) is 9.30. The number of hydrazine groups is 1. The number of nitrogen functional groups attached to an aromatic ring is 1. The first-order chi connectivity index (χ1) is 8.36. The summed E-state index contributed by atoms with van der Waals surface area (Å²) in [7, 11) is 0.